The summed E-state index contributed by atoms with van der Waals surface area (Å²) >= 11 is 8.34. The Labute approximate surface area is 180 Å². The Morgan fingerprint density at radius 1 is 0.821 bits per heavy atom. The molecule has 0 aliphatic heterocycles. The first-order chi connectivity index (χ1) is 13.0. The predicted molar refractivity (Wildman–Crippen MR) is 117 cm³/mol. The molecular weight excluding hydrogens is 392 g/mol. The molecule has 4 aliphatic carbocycles. The largest absolute Gasteiger partial charge is 0.459 e. The summed E-state index contributed by atoms with van der Waals surface area (Å²) in [7, 11) is 0. The molecule has 4 bridgehead atoms. The highest BCUT2D eigenvalue weighted by Gasteiger charge is 2.67. The van der Waals surface area contributed by atoms with E-state index < -0.39 is 11.2 Å². The number of rotatable bonds is 8. The van der Waals surface area contributed by atoms with Crippen LogP contribution in [0.1, 0.15) is 79.1 Å². The molecule has 0 aromatic carbocycles. The summed E-state index contributed by atoms with van der Waals surface area (Å²) in [6.07, 6.45) is 7.31. The summed E-state index contributed by atoms with van der Waals surface area (Å²) < 4.78 is 12.1. The zero-order valence-electron chi connectivity index (χ0n) is 17.8. The van der Waals surface area contributed by atoms with Gasteiger partial charge in [0.05, 0.1) is 12.8 Å². The second kappa shape index (κ2) is 7.72. The van der Waals surface area contributed by atoms with Crippen molar-refractivity contribution in [2.24, 2.45) is 22.7 Å². The molecule has 0 aromatic rings. The first-order valence-corrected chi connectivity index (χ1v) is 11.9. The Hall–Kier alpha value is -0.360. The summed E-state index contributed by atoms with van der Waals surface area (Å²) in [6.45, 7) is 8.35. The maximum atomic E-state index is 12.3. The van der Waals surface area contributed by atoms with Crippen LogP contribution in [0, 0.1) is 22.7 Å². The van der Waals surface area contributed by atoms with E-state index in [4.69, 9.17) is 9.47 Å². The first kappa shape index (κ1) is 22.3. The van der Waals surface area contributed by atoms with E-state index in [-0.39, 0.29) is 22.8 Å². The van der Waals surface area contributed by atoms with E-state index in [0.717, 1.165) is 32.1 Å². The van der Waals surface area contributed by atoms with Gasteiger partial charge in [0.2, 0.25) is 0 Å². The van der Waals surface area contributed by atoms with Gasteiger partial charge in [0.25, 0.3) is 0 Å². The number of hydrogen-bond acceptors (Lipinski definition) is 6. The lowest BCUT2D eigenvalue weighted by Gasteiger charge is -2.68. The Morgan fingerprint density at radius 2 is 1.18 bits per heavy atom. The summed E-state index contributed by atoms with van der Waals surface area (Å²) in [5, 5.41) is 0. The van der Waals surface area contributed by atoms with Gasteiger partial charge in [-0.25, -0.2) is 0 Å². The molecule has 4 fully saturated rings. The Morgan fingerprint density at radius 3 is 1.50 bits per heavy atom. The minimum atomic E-state index is -0.527. The number of thiol groups is 2. The van der Waals surface area contributed by atoms with E-state index in [2.05, 4.69) is 53.0 Å². The van der Waals surface area contributed by atoms with Gasteiger partial charge in [0, 0.05) is 22.3 Å². The average Bonchev–Trinajstić information content (AvgIpc) is 2.52. The van der Waals surface area contributed by atoms with Crippen molar-refractivity contribution < 1.29 is 19.1 Å². The van der Waals surface area contributed by atoms with Crippen LogP contribution in [0.25, 0.3) is 0 Å². The van der Waals surface area contributed by atoms with Crippen LogP contribution < -0.4 is 0 Å². The summed E-state index contributed by atoms with van der Waals surface area (Å²) in [5.74, 6) is 1.92. The van der Waals surface area contributed by atoms with Crippen LogP contribution in [0.15, 0.2) is 0 Å². The fraction of sp³-hybridized carbons (Fsp3) is 0.909. The van der Waals surface area contributed by atoms with Gasteiger partial charge in [-0.1, -0.05) is 0 Å². The molecule has 0 amide bonds. The quantitative estimate of drug-likeness (QED) is 0.428. The van der Waals surface area contributed by atoms with Crippen molar-refractivity contribution in [3.63, 3.8) is 0 Å². The van der Waals surface area contributed by atoms with Gasteiger partial charge in [0.1, 0.15) is 11.2 Å². The molecule has 0 unspecified atom stereocenters. The van der Waals surface area contributed by atoms with Crippen LogP contribution in [0.3, 0.4) is 0 Å². The zero-order chi connectivity index (χ0) is 20.8. The SMILES string of the molecule is CC(C)(OC(=O)CCS)C12CC3CC(C1)CC(C(C)(C)OC(=O)CCS)(C3)C2. The van der Waals surface area contributed by atoms with Crippen molar-refractivity contribution in [1.82, 2.24) is 0 Å². The third kappa shape index (κ3) is 3.84. The van der Waals surface area contributed by atoms with E-state index in [1.165, 1.54) is 6.42 Å². The van der Waals surface area contributed by atoms with E-state index >= 15 is 0 Å². The van der Waals surface area contributed by atoms with Gasteiger partial charge in [-0.05, 0) is 78.1 Å². The minimum Gasteiger partial charge on any atom is -0.459 e. The third-order valence-corrected chi connectivity index (χ3v) is 8.43. The van der Waals surface area contributed by atoms with Crippen molar-refractivity contribution in [1.29, 1.82) is 0 Å². The number of hydrogen-bond donors (Lipinski definition) is 2. The van der Waals surface area contributed by atoms with Gasteiger partial charge >= 0.3 is 11.9 Å². The fourth-order valence-electron chi connectivity index (χ4n) is 6.74. The first-order valence-electron chi connectivity index (χ1n) is 10.6. The summed E-state index contributed by atoms with van der Waals surface area (Å²) in [5.41, 5.74) is -1.14. The highest BCUT2D eigenvalue weighted by Crippen LogP contribution is 2.71. The number of ether oxygens (including phenoxy) is 2. The number of carbonyl (C=O) groups is 2. The van der Waals surface area contributed by atoms with Crippen molar-refractivity contribution >= 4 is 37.2 Å². The number of carbonyl (C=O) groups excluding carboxylic acids is 2. The highest BCUT2D eigenvalue weighted by atomic mass is 32.1. The molecule has 160 valence electrons. The molecule has 4 saturated carbocycles. The highest BCUT2D eigenvalue weighted by molar-refractivity contribution is 7.80. The van der Waals surface area contributed by atoms with Crippen LogP contribution in [-0.4, -0.2) is 34.6 Å². The van der Waals surface area contributed by atoms with Crippen molar-refractivity contribution in [3.05, 3.63) is 0 Å². The summed E-state index contributed by atoms with van der Waals surface area (Å²) in [4.78, 5) is 24.6. The van der Waals surface area contributed by atoms with Crippen molar-refractivity contribution in [3.8, 4) is 0 Å². The van der Waals surface area contributed by atoms with Crippen LogP contribution in [-0.2, 0) is 19.1 Å². The molecule has 0 saturated heterocycles. The van der Waals surface area contributed by atoms with Crippen LogP contribution >= 0.6 is 25.3 Å². The second-order valence-electron chi connectivity index (χ2n) is 10.4. The normalized spacial score (nSPS) is 34.4. The van der Waals surface area contributed by atoms with E-state index in [0.29, 0.717) is 36.2 Å². The van der Waals surface area contributed by atoms with Crippen molar-refractivity contribution in [2.45, 2.75) is 90.3 Å². The van der Waals surface area contributed by atoms with Crippen LogP contribution in [0.2, 0.25) is 0 Å². The molecular formula is C22H36O4S2. The lowest BCUT2D eigenvalue weighted by molar-refractivity contribution is -0.250. The molecule has 4 aliphatic rings. The molecule has 6 heteroatoms. The molecule has 4 nitrogen and oxygen atoms in total. The van der Waals surface area contributed by atoms with Gasteiger partial charge in [0.15, 0.2) is 0 Å². The van der Waals surface area contributed by atoms with Gasteiger partial charge < -0.3 is 9.47 Å². The van der Waals surface area contributed by atoms with E-state index in [1.807, 2.05) is 0 Å². The monoisotopic (exact) mass is 428 g/mol. The minimum absolute atomic E-state index is 0.0451. The molecule has 0 N–H and O–H groups in total. The third-order valence-electron chi connectivity index (χ3n) is 7.99. The molecule has 0 radical (unpaired) electrons. The van der Waals surface area contributed by atoms with E-state index in [9.17, 15) is 9.59 Å². The Balaban J connectivity index is 1.88. The number of esters is 2. The van der Waals surface area contributed by atoms with Crippen molar-refractivity contribution in [2.75, 3.05) is 11.5 Å². The smallest absolute Gasteiger partial charge is 0.307 e. The lowest BCUT2D eigenvalue weighted by Crippen LogP contribution is -2.65. The fourth-order valence-corrected chi connectivity index (χ4v) is 7.11. The van der Waals surface area contributed by atoms with Crippen LogP contribution in [0.5, 0.6) is 0 Å². The molecule has 28 heavy (non-hydrogen) atoms. The molecule has 0 heterocycles. The molecule has 0 spiro atoms. The molecule has 0 atom stereocenters. The second-order valence-corrected chi connectivity index (χ2v) is 11.3. The van der Waals surface area contributed by atoms with Gasteiger partial charge in [-0.2, -0.15) is 25.3 Å². The topological polar surface area (TPSA) is 52.6 Å². The maximum absolute atomic E-state index is 12.3. The lowest BCUT2D eigenvalue weighted by atomic mass is 9.38. The average molecular weight is 429 g/mol. The molecule has 4 rings (SSSR count). The zero-order valence-corrected chi connectivity index (χ0v) is 19.5. The van der Waals surface area contributed by atoms with Gasteiger partial charge in [-0.3, -0.25) is 9.59 Å². The summed E-state index contributed by atoms with van der Waals surface area (Å²) in [6, 6.07) is 0. The Kier molecular flexibility index (Phi) is 6.15. The van der Waals surface area contributed by atoms with Crippen LogP contribution in [0.4, 0.5) is 0 Å². The standard InChI is InChI=1S/C22H36O4S2/c1-19(2,25-17(23)5-7-27)21-10-15-9-16(11-21)13-22(12-15,14-21)20(3,4)26-18(24)6-8-28/h15-16,27-28H,5-14H2,1-4H3. The Bertz CT molecular complexity index is 564. The predicted octanol–water partition coefficient (Wildman–Crippen LogP) is 4.86. The van der Waals surface area contributed by atoms with E-state index in [1.54, 1.807) is 0 Å². The molecule has 0 aromatic heterocycles. The maximum Gasteiger partial charge on any atom is 0.307 e. The van der Waals surface area contributed by atoms with Gasteiger partial charge in [-0.15, -0.1) is 0 Å².